The average Bonchev–Trinajstić information content (AvgIpc) is 2.81. The zero-order valence-corrected chi connectivity index (χ0v) is 10.4. The Morgan fingerprint density at radius 1 is 1.37 bits per heavy atom. The predicted octanol–water partition coefficient (Wildman–Crippen LogP) is 3.14. The summed E-state index contributed by atoms with van der Waals surface area (Å²) in [5, 5.41) is 19.5. The SMILES string of the molecule is O=C(O)C1CC=C(c2c[nH]c3cc(O)ccc23)CC1. The van der Waals surface area contributed by atoms with Crippen molar-refractivity contribution in [3.8, 4) is 5.75 Å². The first-order chi connectivity index (χ1) is 9.15. The largest absolute Gasteiger partial charge is 0.508 e. The molecule has 3 N–H and O–H groups in total. The average molecular weight is 257 g/mol. The molecule has 1 aliphatic rings. The van der Waals surface area contributed by atoms with Crippen molar-refractivity contribution < 1.29 is 15.0 Å². The normalized spacial score (nSPS) is 19.4. The minimum absolute atomic E-state index is 0.240. The summed E-state index contributed by atoms with van der Waals surface area (Å²) in [6.45, 7) is 0. The van der Waals surface area contributed by atoms with Crippen LogP contribution in [0.15, 0.2) is 30.5 Å². The second-order valence-electron chi connectivity index (χ2n) is 4.97. The van der Waals surface area contributed by atoms with Crippen molar-refractivity contribution >= 4 is 22.4 Å². The molecule has 19 heavy (non-hydrogen) atoms. The first kappa shape index (κ1) is 11.8. The lowest BCUT2D eigenvalue weighted by Gasteiger charge is -2.18. The highest BCUT2D eigenvalue weighted by Crippen LogP contribution is 2.34. The van der Waals surface area contributed by atoms with E-state index in [1.165, 1.54) is 5.57 Å². The molecule has 0 spiro atoms. The fraction of sp³-hybridized carbons (Fsp3) is 0.267. The number of aromatic amines is 1. The van der Waals surface area contributed by atoms with Crippen LogP contribution in [0.1, 0.15) is 24.8 Å². The number of nitrogens with one attached hydrogen (secondary N) is 1. The number of phenolic OH excluding ortho intramolecular Hbond substituents is 1. The Balaban J connectivity index is 1.95. The summed E-state index contributed by atoms with van der Waals surface area (Å²) in [7, 11) is 0. The summed E-state index contributed by atoms with van der Waals surface area (Å²) in [6, 6.07) is 5.26. The van der Waals surface area contributed by atoms with Crippen molar-refractivity contribution in [1.82, 2.24) is 4.98 Å². The summed E-state index contributed by atoms with van der Waals surface area (Å²) in [5.74, 6) is -0.721. The van der Waals surface area contributed by atoms with E-state index in [4.69, 9.17) is 5.11 Å². The zero-order chi connectivity index (χ0) is 13.4. The molecule has 0 aliphatic heterocycles. The molecule has 4 nitrogen and oxygen atoms in total. The Labute approximate surface area is 110 Å². The minimum Gasteiger partial charge on any atom is -0.508 e. The summed E-state index contributed by atoms with van der Waals surface area (Å²) in [4.78, 5) is 14.1. The Bertz CT molecular complexity index is 669. The number of fused-ring (bicyclic) bond motifs is 1. The molecule has 0 amide bonds. The standard InChI is InChI=1S/C15H15NO3/c17-11-5-6-12-13(8-16-14(12)7-11)9-1-3-10(4-2-9)15(18)19/h1,5-8,10,16-17H,2-4H2,(H,18,19). The van der Waals surface area contributed by atoms with Crippen molar-refractivity contribution in [2.45, 2.75) is 19.3 Å². The number of carboxylic acid groups (broad SMARTS) is 1. The third-order valence-corrected chi connectivity index (χ3v) is 3.77. The molecule has 1 aliphatic carbocycles. The maximum absolute atomic E-state index is 10.9. The molecule has 0 radical (unpaired) electrons. The molecule has 1 aromatic heterocycles. The van der Waals surface area contributed by atoms with Gasteiger partial charge in [-0.1, -0.05) is 6.08 Å². The van der Waals surface area contributed by atoms with Gasteiger partial charge in [0.1, 0.15) is 5.75 Å². The molecular weight excluding hydrogens is 242 g/mol. The van der Waals surface area contributed by atoms with Crippen LogP contribution in [0.3, 0.4) is 0 Å². The molecule has 1 heterocycles. The van der Waals surface area contributed by atoms with Gasteiger partial charge in [0.25, 0.3) is 0 Å². The van der Waals surface area contributed by atoms with E-state index in [0.717, 1.165) is 22.9 Å². The molecule has 1 unspecified atom stereocenters. The van der Waals surface area contributed by atoms with E-state index in [0.29, 0.717) is 12.8 Å². The lowest BCUT2D eigenvalue weighted by molar-refractivity contribution is -0.141. The molecule has 4 heteroatoms. The van der Waals surface area contributed by atoms with Crippen LogP contribution in [-0.2, 0) is 4.79 Å². The van der Waals surface area contributed by atoms with Crippen molar-refractivity contribution in [2.24, 2.45) is 5.92 Å². The van der Waals surface area contributed by atoms with Gasteiger partial charge in [0.2, 0.25) is 0 Å². The monoisotopic (exact) mass is 257 g/mol. The van der Waals surface area contributed by atoms with E-state index < -0.39 is 5.97 Å². The van der Waals surface area contributed by atoms with Crippen molar-refractivity contribution in [3.05, 3.63) is 36.0 Å². The number of hydrogen-bond donors (Lipinski definition) is 3. The third kappa shape index (κ3) is 2.10. The van der Waals surface area contributed by atoms with E-state index in [1.54, 1.807) is 12.1 Å². The zero-order valence-electron chi connectivity index (χ0n) is 10.4. The number of aromatic hydroxyl groups is 1. The Hall–Kier alpha value is -2.23. The molecule has 0 saturated carbocycles. The van der Waals surface area contributed by atoms with Crippen molar-refractivity contribution in [3.63, 3.8) is 0 Å². The first-order valence-corrected chi connectivity index (χ1v) is 6.37. The number of aromatic nitrogens is 1. The number of phenols is 1. The molecule has 1 atom stereocenters. The fourth-order valence-corrected chi connectivity index (χ4v) is 2.68. The van der Waals surface area contributed by atoms with Gasteiger partial charge in [-0.3, -0.25) is 4.79 Å². The van der Waals surface area contributed by atoms with Gasteiger partial charge in [-0.25, -0.2) is 0 Å². The highest BCUT2D eigenvalue weighted by atomic mass is 16.4. The Morgan fingerprint density at radius 3 is 2.89 bits per heavy atom. The van der Waals surface area contributed by atoms with Gasteiger partial charge in [-0.2, -0.15) is 0 Å². The molecule has 98 valence electrons. The van der Waals surface area contributed by atoms with E-state index in [9.17, 15) is 9.90 Å². The topological polar surface area (TPSA) is 73.3 Å². The van der Waals surface area contributed by atoms with Crippen LogP contribution in [0.2, 0.25) is 0 Å². The van der Waals surface area contributed by atoms with Gasteiger partial charge in [-0.05, 0) is 37.0 Å². The van der Waals surface area contributed by atoms with Gasteiger partial charge >= 0.3 is 5.97 Å². The number of benzene rings is 1. The first-order valence-electron chi connectivity index (χ1n) is 6.37. The van der Waals surface area contributed by atoms with E-state index in [-0.39, 0.29) is 11.7 Å². The highest BCUT2D eigenvalue weighted by Gasteiger charge is 2.22. The maximum atomic E-state index is 10.9. The van der Waals surface area contributed by atoms with E-state index in [2.05, 4.69) is 4.98 Å². The van der Waals surface area contributed by atoms with Gasteiger partial charge < -0.3 is 15.2 Å². The van der Waals surface area contributed by atoms with Crippen LogP contribution in [0.5, 0.6) is 5.75 Å². The molecule has 3 rings (SSSR count). The summed E-state index contributed by atoms with van der Waals surface area (Å²) in [5.41, 5.74) is 3.20. The molecule has 0 saturated heterocycles. The number of aliphatic carboxylic acids is 1. The summed E-state index contributed by atoms with van der Waals surface area (Å²) < 4.78 is 0. The number of carbonyl (C=O) groups is 1. The third-order valence-electron chi connectivity index (χ3n) is 3.77. The number of allylic oxidation sites excluding steroid dienone is 2. The molecular formula is C15H15NO3. The number of hydrogen-bond acceptors (Lipinski definition) is 2. The van der Waals surface area contributed by atoms with E-state index in [1.807, 2.05) is 18.3 Å². The minimum atomic E-state index is -0.709. The quantitative estimate of drug-likeness (QED) is 0.773. The van der Waals surface area contributed by atoms with Gasteiger partial charge in [0.15, 0.2) is 0 Å². The fourth-order valence-electron chi connectivity index (χ4n) is 2.68. The smallest absolute Gasteiger partial charge is 0.306 e. The van der Waals surface area contributed by atoms with Crippen LogP contribution < -0.4 is 0 Å². The van der Waals surface area contributed by atoms with Crippen LogP contribution in [0.4, 0.5) is 0 Å². The lowest BCUT2D eigenvalue weighted by Crippen LogP contribution is -2.15. The summed E-state index contributed by atoms with van der Waals surface area (Å²) in [6.07, 6.45) is 6.01. The van der Waals surface area contributed by atoms with Gasteiger partial charge in [-0.15, -0.1) is 0 Å². The number of H-pyrrole nitrogens is 1. The number of carboxylic acids is 1. The van der Waals surface area contributed by atoms with Crippen LogP contribution in [0.25, 0.3) is 16.5 Å². The molecule has 0 bridgehead atoms. The maximum Gasteiger partial charge on any atom is 0.306 e. The second kappa shape index (κ2) is 4.46. The molecule has 0 fully saturated rings. The highest BCUT2D eigenvalue weighted by molar-refractivity contribution is 5.93. The Kier molecular flexibility index (Phi) is 2.78. The van der Waals surface area contributed by atoms with Crippen LogP contribution in [-0.4, -0.2) is 21.2 Å². The van der Waals surface area contributed by atoms with Crippen molar-refractivity contribution in [1.29, 1.82) is 0 Å². The van der Waals surface area contributed by atoms with Crippen LogP contribution in [0, 0.1) is 5.92 Å². The molecule has 1 aromatic carbocycles. The van der Waals surface area contributed by atoms with E-state index >= 15 is 0 Å². The van der Waals surface area contributed by atoms with Crippen molar-refractivity contribution in [2.75, 3.05) is 0 Å². The molecule has 2 aromatic rings. The van der Waals surface area contributed by atoms with Gasteiger partial charge in [0, 0.05) is 28.7 Å². The Morgan fingerprint density at radius 2 is 2.21 bits per heavy atom. The summed E-state index contributed by atoms with van der Waals surface area (Å²) >= 11 is 0. The van der Waals surface area contributed by atoms with Crippen LogP contribution >= 0.6 is 0 Å². The predicted molar refractivity (Wildman–Crippen MR) is 72.9 cm³/mol. The lowest BCUT2D eigenvalue weighted by atomic mass is 9.86. The second-order valence-corrected chi connectivity index (χ2v) is 4.97. The van der Waals surface area contributed by atoms with Gasteiger partial charge in [0.05, 0.1) is 5.92 Å². The number of rotatable bonds is 2.